The molecule has 0 radical (unpaired) electrons. The lowest BCUT2D eigenvalue weighted by Gasteiger charge is -2.46. The van der Waals surface area contributed by atoms with Gasteiger partial charge in [0.15, 0.2) is 12.8 Å². The van der Waals surface area contributed by atoms with E-state index in [9.17, 15) is 120 Å². The minimum Gasteiger partial charge on any atom is -0.479 e. The number of Topliss-reactive ketones (excluding diaryl/α,β-unsaturated/α-hetero) is 1. The summed E-state index contributed by atoms with van der Waals surface area (Å²) in [6.45, 7) is -0.761. The van der Waals surface area contributed by atoms with Gasteiger partial charge in [0.1, 0.15) is 6.15 Å². The number of carboxylic acid groups (broad SMARTS) is 1. The maximum atomic E-state index is 14.2. The van der Waals surface area contributed by atoms with E-state index < -0.39 is 213 Å². The monoisotopic (exact) mass is 1160 g/mol. The Kier molecular flexibility index (Phi) is 17.1. The summed E-state index contributed by atoms with van der Waals surface area (Å²) in [4.78, 5) is 34.5. The van der Waals surface area contributed by atoms with Gasteiger partial charge in [0.05, 0.1) is 44.5 Å². The van der Waals surface area contributed by atoms with Crippen molar-refractivity contribution in [2.45, 2.75) is 56.0 Å². The first-order valence-corrected chi connectivity index (χ1v) is 21.2. The molecule has 0 saturated carbocycles. The fourth-order valence-corrected chi connectivity index (χ4v) is 7.94. The van der Waals surface area contributed by atoms with Gasteiger partial charge in [-0.3, -0.25) is 4.79 Å². The second-order valence-electron chi connectivity index (χ2n) is 16.7. The van der Waals surface area contributed by atoms with Crippen LogP contribution < -0.4 is 26.4 Å². The summed E-state index contributed by atoms with van der Waals surface area (Å²) in [6.07, 6.45) is -53.2. The van der Waals surface area contributed by atoms with E-state index in [1.165, 1.54) is 10.6 Å². The van der Waals surface area contributed by atoms with Crippen LogP contribution in [-0.4, -0.2) is 35.6 Å². The second kappa shape index (κ2) is 21.8. The number of carboxylic acids is 1. The van der Waals surface area contributed by atoms with Gasteiger partial charge in [-0.2, -0.15) is 132 Å². The zero-order chi connectivity index (χ0) is 59.9. The van der Waals surface area contributed by atoms with Gasteiger partial charge >= 0.3 is 61.3 Å². The van der Waals surface area contributed by atoms with Crippen molar-refractivity contribution in [3.63, 3.8) is 0 Å². The molecule has 0 aliphatic rings. The number of aliphatic carboxylic acids is 1. The van der Waals surface area contributed by atoms with Crippen LogP contribution in [0.1, 0.15) is 65.4 Å². The minimum atomic E-state index is -6.13. The van der Waals surface area contributed by atoms with E-state index in [0.717, 1.165) is 0 Å². The number of rotatable bonds is 10. The summed E-state index contributed by atoms with van der Waals surface area (Å²) in [5.41, 5.74) is -29.6. The number of benzene rings is 5. The Morgan fingerprint density at radius 1 is 0.392 bits per heavy atom. The molecule has 0 amide bonds. The van der Waals surface area contributed by atoms with Crippen LogP contribution in [0.25, 0.3) is 0 Å². The number of hydrogen-bond donors (Lipinski definition) is 1. The lowest BCUT2D eigenvalue weighted by molar-refractivity contribution is -0.685. The molecule has 0 aliphatic heterocycles. The molecule has 31 heteroatoms. The first-order valence-electron chi connectivity index (χ1n) is 21.2. The smallest absolute Gasteiger partial charge is 0.416 e. The molecule has 1 heterocycles. The Balaban J connectivity index is 0.000000433. The second-order valence-corrected chi connectivity index (χ2v) is 16.7. The Morgan fingerprint density at radius 3 is 0.911 bits per heavy atom. The lowest BCUT2D eigenvalue weighted by Crippen LogP contribution is -2.75. The maximum Gasteiger partial charge on any atom is 0.416 e. The molecule has 1 N–H and O–H groups in total. The van der Waals surface area contributed by atoms with Gasteiger partial charge in [0.25, 0.3) is 5.69 Å². The Morgan fingerprint density at radius 2 is 0.658 bits per heavy atom. The number of pyridine rings is 1. The Hall–Kier alpha value is -7.76. The van der Waals surface area contributed by atoms with E-state index in [2.05, 4.69) is 4.74 Å². The van der Waals surface area contributed by atoms with Crippen LogP contribution >= 0.6 is 0 Å². The molecule has 1 aromatic heterocycles. The number of alkyl halides is 24. The van der Waals surface area contributed by atoms with E-state index in [4.69, 9.17) is 5.11 Å². The molecule has 0 bridgehead atoms. The van der Waals surface area contributed by atoms with Crippen LogP contribution in [0.3, 0.4) is 0 Å². The number of nitrogens with zero attached hydrogens (tertiary/aromatic N) is 1. The fourth-order valence-electron chi connectivity index (χ4n) is 7.94. The van der Waals surface area contributed by atoms with Crippen molar-refractivity contribution in [1.82, 2.24) is 0 Å². The topological polar surface area (TPSA) is 84.6 Å². The highest BCUT2D eigenvalue weighted by molar-refractivity contribution is 7.20. The Bertz CT molecular complexity index is 2790. The van der Waals surface area contributed by atoms with Crippen molar-refractivity contribution in [1.29, 1.82) is 0 Å². The molecular formula is C48H26BF24NO5. The third kappa shape index (κ3) is 14.9. The van der Waals surface area contributed by atoms with Crippen molar-refractivity contribution in [3.8, 4) is 0 Å². The van der Waals surface area contributed by atoms with E-state index in [-0.39, 0.29) is 18.0 Å². The van der Waals surface area contributed by atoms with Gasteiger partial charge in [-0.15, -0.1) is 0 Å². The SMILES string of the molecule is FC(F)(F)c1cc([B-](c2cc(C(F)(F)F)cc(C(F)(F)F)c2)(c2cc(C(F)(F)F)cc(C(F)(F)F)c2)c2cc(C(F)(F)F)cc(C(F)(F)F)c2)cc(C(F)(F)F)c1.O=C(O)COC(=O)c1cccc[n+]1CC(=O)c1ccccc1. The summed E-state index contributed by atoms with van der Waals surface area (Å²) < 4.78 is 347. The number of carbonyl (C=O) groups is 3. The van der Waals surface area contributed by atoms with Crippen LogP contribution in [0.5, 0.6) is 0 Å². The maximum absolute atomic E-state index is 14.2. The summed E-state index contributed by atoms with van der Waals surface area (Å²) in [5.74, 6) is -2.19. The third-order valence-corrected chi connectivity index (χ3v) is 11.3. The van der Waals surface area contributed by atoms with Crippen LogP contribution in [-0.2, 0) is 65.5 Å². The average molecular weight is 1160 g/mol. The zero-order valence-electron chi connectivity index (χ0n) is 38.2. The van der Waals surface area contributed by atoms with Gasteiger partial charge < -0.3 is 9.84 Å². The molecule has 79 heavy (non-hydrogen) atoms. The lowest BCUT2D eigenvalue weighted by atomic mass is 9.12. The molecule has 0 saturated heterocycles. The normalized spacial score (nSPS) is 13.1. The molecule has 5 aromatic carbocycles. The molecule has 6 aromatic rings. The average Bonchev–Trinajstić information content (AvgIpc) is 3.31. The molecule has 6 nitrogen and oxygen atoms in total. The molecule has 0 atom stereocenters. The van der Waals surface area contributed by atoms with E-state index in [1.54, 1.807) is 48.7 Å². The van der Waals surface area contributed by atoms with Crippen molar-refractivity contribution in [2.75, 3.05) is 6.61 Å². The quantitative estimate of drug-likeness (QED) is 0.0486. The van der Waals surface area contributed by atoms with Crippen molar-refractivity contribution < 1.29 is 134 Å². The first-order chi connectivity index (χ1) is 35.8. The number of ketones is 1. The number of esters is 1. The third-order valence-electron chi connectivity index (χ3n) is 11.3. The van der Waals surface area contributed by atoms with Gasteiger partial charge in [0, 0.05) is 17.7 Å². The molecule has 0 spiro atoms. The molecule has 424 valence electrons. The van der Waals surface area contributed by atoms with Crippen LogP contribution in [0.15, 0.2) is 128 Å². The standard InChI is InChI=1S/C32H12BF24.C16H13NO5/c34-25(35,36)13-1-14(26(37,38)39)6-21(5-13)33(22-7-15(27(40,41)42)2-16(8-22)28(43,44)45,23-9-17(29(46,47)48)3-18(10-23)30(49,50)51)24-11-19(31(52,53)54)4-20(12-24)32(55,56)57;18-14(12-6-2-1-3-7-12)10-17-9-5-4-8-13(17)16(21)22-11-15(19)20/h1-12H;1-9H,10-11H2/q-1;/p+1. The number of ether oxygens (including phenoxy) is 1. The molecule has 0 fully saturated rings. The Labute approximate surface area is 425 Å². The zero-order valence-corrected chi connectivity index (χ0v) is 38.2. The van der Waals surface area contributed by atoms with Crippen molar-refractivity contribution in [3.05, 3.63) is 183 Å². The molecule has 0 unspecified atom stereocenters. The van der Waals surface area contributed by atoms with Crippen molar-refractivity contribution in [2.24, 2.45) is 0 Å². The predicted octanol–water partition coefficient (Wildman–Crippen LogP) is 12.3. The highest BCUT2D eigenvalue weighted by Gasteiger charge is 2.47. The summed E-state index contributed by atoms with van der Waals surface area (Å²) >= 11 is 0. The minimum absolute atomic E-state index is 0.0393. The van der Waals surface area contributed by atoms with E-state index in [0.29, 0.717) is 5.56 Å². The highest BCUT2D eigenvalue weighted by atomic mass is 19.4. The summed E-state index contributed by atoms with van der Waals surface area (Å²) in [5, 5.41) is 8.53. The highest BCUT2D eigenvalue weighted by Crippen LogP contribution is 2.41. The van der Waals surface area contributed by atoms with Gasteiger partial charge in [-0.05, 0) is 30.3 Å². The van der Waals surface area contributed by atoms with Gasteiger partial charge in [-0.1, -0.05) is 78.9 Å². The summed E-state index contributed by atoms with van der Waals surface area (Å²) in [7, 11) is 0. The number of hydrogen-bond acceptors (Lipinski definition) is 4. The number of carbonyl (C=O) groups excluding carboxylic acids is 2. The van der Waals surface area contributed by atoms with Crippen molar-refractivity contribution >= 4 is 45.7 Å². The predicted molar refractivity (Wildman–Crippen MR) is 225 cm³/mol. The van der Waals surface area contributed by atoms with Crippen LogP contribution in [0, 0.1) is 0 Å². The number of aromatic nitrogens is 1. The molecular weight excluding hydrogens is 1140 g/mol. The van der Waals surface area contributed by atoms with Crippen LogP contribution in [0.2, 0.25) is 0 Å². The largest absolute Gasteiger partial charge is 0.479 e. The number of halogens is 24. The molecule has 6 rings (SSSR count). The fraction of sp³-hybridized carbons (Fsp3) is 0.208. The van der Waals surface area contributed by atoms with E-state index >= 15 is 0 Å². The first kappa shape index (κ1) is 62.1. The summed E-state index contributed by atoms with van der Waals surface area (Å²) in [6, 6.07) is 4.64. The molecule has 0 aliphatic carbocycles. The van der Waals surface area contributed by atoms with Crippen LogP contribution in [0.4, 0.5) is 105 Å². The van der Waals surface area contributed by atoms with E-state index in [1.807, 2.05) is 0 Å². The van der Waals surface area contributed by atoms with Gasteiger partial charge in [-0.25, -0.2) is 9.59 Å². The van der Waals surface area contributed by atoms with Gasteiger partial charge in [0.2, 0.25) is 12.3 Å².